The lowest BCUT2D eigenvalue weighted by atomic mass is 10.2. The molecule has 1 aromatic rings. The number of rotatable bonds is 3. The number of nitrogens with zero attached hydrogens (tertiary/aromatic N) is 4. The molecule has 1 unspecified atom stereocenters. The normalized spacial score (nSPS) is 24.8. The van der Waals surface area contributed by atoms with Gasteiger partial charge in [-0.15, -0.1) is 5.10 Å². The molecule has 0 bridgehead atoms. The number of morpholine rings is 1. The van der Waals surface area contributed by atoms with Gasteiger partial charge in [0.1, 0.15) is 0 Å². The minimum atomic E-state index is 0.332. The summed E-state index contributed by atoms with van der Waals surface area (Å²) in [5.41, 5.74) is 0. The van der Waals surface area contributed by atoms with Crippen LogP contribution in [0.5, 0.6) is 0 Å². The van der Waals surface area contributed by atoms with Crippen molar-refractivity contribution in [3.8, 4) is 0 Å². The predicted octanol–water partition coefficient (Wildman–Crippen LogP) is 1.43. The van der Waals surface area contributed by atoms with Gasteiger partial charge in [-0.3, -0.25) is 9.47 Å². The van der Waals surface area contributed by atoms with E-state index in [9.17, 15) is 0 Å². The summed E-state index contributed by atoms with van der Waals surface area (Å²) in [4.78, 5) is 4.90. The van der Waals surface area contributed by atoms with E-state index in [-0.39, 0.29) is 0 Å². The summed E-state index contributed by atoms with van der Waals surface area (Å²) in [5, 5.41) is 7.36. The van der Waals surface area contributed by atoms with Gasteiger partial charge in [-0.1, -0.05) is 0 Å². The Morgan fingerprint density at radius 1 is 1.30 bits per heavy atom. The fourth-order valence-corrected chi connectivity index (χ4v) is 3.49. The predicted molar refractivity (Wildman–Crippen MR) is 80.8 cm³/mol. The van der Waals surface area contributed by atoms with Crippen molar-refractivity contribution in [3.63, 3.8) is 0 Å². The molecule has 2 aliphatic rings. The second-order valence-corrected chi connectivity index (χ2v) is 6.22. The maximum absolute atomic E-state index is 5.43. The van der Waals surface area contributed by atoms with Crippen LogP contribution >= 0.6 is 12.2 Å². The van der Waals surface area contributed by atoms with E-state index in [1.54, 1.807) is 0 Å². The molecule has 1 atom stereocenters. The van der Waals surface area contributed by atoms with Crippen LogP contribution in [0.2, 0.25) is 0 Å². The molecular formula is C13H23N5OS. The molecule has 0 aromatic carbocycles. The highest BCUT2D eigenvalue weighted by atomic mass is 32.1. The molecule has 0 spiro atoms. The van der Waals surface area contributed by atoms with Crippen LogP contribution in [0.3, 0.4) is 0 Å². The molecule has 2 saturated heterocycles. The SMILES string of the molecule is CC(C)n1c(N2CCC(N3CCOCC3)C2)n[nH]c1=S. The number of aromatic amines is 1. The standard InChI is InChI=1S/C13H23N5OS/c1-10(2)18-12(14-15-13(18)20)17-4-3-11(9-17)16-5-7-19-8-6-16/h10-11H,3-9H2,1-2H3,(H,15,20). The molecule has 0 aliphatic carbocycles. The average Bonchev–Trinajstić information content (AvgIpc) is 3.05. The molecule has 3 heterocycles. The van der Waals surface area contributed by atoms with Crippen molar-refractivity contribution < 1.29 is 4.74 Å². The molecule has 0 amide bonds. The van der Waals surface area contributed by atoms with Crippen LogP contribution in [0.4, 0.5) is 5.95 Å². The number of nitrogens with one attached hydrogen (secondary N) is 1. The smallest absolute Gasteiger partial charge is 0.226 e. The Kier molecular flexibility index (Phi) is 4.09. The van der Waals surface area contributed by atoms with Crippen LogP contribution < -0.4 is 4.90 Å². The Balaban J connectivity index is 1.72. The van der Waals surface area contributed by atoms with Crippen molar-refractivity contribution >= 4 is 18.2 Å². The third-order valence-corrected chi connectivity index (χ3v) is 4.50. The van der Waals surface area contributed by atoms with Crippen molar-refractivity contribution in [1.82, 2.24) is 19.7 Å². The highest BCUT2D eigenvalue weighted by Crippen LogP contribution is 2.24. The van der Waals surface area contributed by atoms with Crippen molar-refractivity contribution in [2.24, 2.45) is 0 Å². The summed E-state index contributed by atoms with van der Waals surface area (Å²) >= 11 is 5.33. The molecule has 7 heteroatoms. The van der Waals surface area contributed by atoms with E-state index in [4.69, 9.17) is 17.0 Å². The molecule has 1 aromatic heterocycles. The number of aromatic nitrogens is 3. The lowest BCUT2D eigenvalue weighted by molar-refractivity contribution is 0.0209. The summed E-state index contributed by atoms with van der Waals surface area (Å²) in [6.45, 7) is 10.2. The van der Waals surface area contributed by atoms with Crippen LogP contribution in [-0.4, -0.2) is 65.1 Å². The van der Waals surface area contributed by atoms with E-state index in [0.717, 1.165) is 45.3 Å². The van der Waals surface area contributed by atoms with Crippen LogP contribution in [0.25, 0.3) is 0 Å². The zero-order valence-corrected chi connectivity index (χ0v) is 13.0. The summed E-state index contributed by atoms with van der Waals surface area (Å²) in [6, 6.07) is 0.948. The second-order valence-electron chi connectivity index (χ2n) is 5.83. The van der Waals surface area contributed by atoms with Crippen molar-refractivity contribution in [2.45, 2.75) is 32.4 Å². The van der Waals surface area contributed by atoms with Gasteiger partial charge < -0.3 is 9.64 Å². The Labute approximate surface area is 124 Å². The van der Waals surface area contributed by atoms with Crippen LogP contribution in [0.15, 0.2) is 0 Å². The van der Waals surface area contributed by atoms with Gasteiger partial charge in [-0.05, 0) is 32.5 Å². The Morgan fingerprint density at radius 3 is 2.75 bits per heavy atom. The molecule has 112 valence electrons. The lowest BCUT2D eigenvalue weighted by Crippen LogP contribution is -2.44. The fourth-order valence-electron chi connectivity index (χ4n) is 3.15. The molecule has 6 nitrogen and oxygen atoms in total. The van der Waals surface area contributed by atoms with Gasteiger partial charge >= 0.3 is 0 Å². The van der Waals surface area contributed by atoms with Gasteiger partial charge in [0.2, 0.25) is 5.95 Å². The number of hydrogen-bond acceptors (Lipinski definition) is 5. The number of anilines is 1. The molecular weight excluding hydrogens is 274 g/mol. The maximum atomic E-state index is 5.43. The largest absolute Gasteiger partial charge is 0.379 e. The Bertz CT molecular complexity index is 505. The summed E-state index contributed by atoms with van der Waals surface area (Å²) in [5.74, 6) is 0.987. The number of hydrogen-bond donors (Lipinski definition) is 1. The molecule has 0 radical (unpaired) electrons. The average molecular weight is 297 g/mol. The van der Waals surface area contributed by atoms with Gasteiger partial charge in [-0.2, -0.15) is 0 Å². The van der Waals surface area contributed by atoms with E-state index in [2.05, 4.69) is 38.4 Å². The number of ether oxygens (including phenoxy) is 1. The Morgan fingerprint density at radius 2 is 2.05 bits per heavy atom. The quantitative estimate of drug-likeness (QED) is 0.856. The number of H-pyrrole nitrogens is 1. The van der Waals surface area contributed by atoms with Crippen LogP contribution in [0, 0.1) is 4.77 Å². The first-order valence-corrected chi connectivity index (χ1v) is 7.81. The van der Waals surface area contributed by atoms with Crippen molar-refractivity contribution in [3.05, 3.63) is 4.77 Å². The van der Waals surface area contributed by atoms with Crippen LogP contribution in [-0.2, 0) is 4.74 Å². The minimum absolute atomic E-state index is 0.332. The highest BCUT2D eigenvalue weighted by molar-refractivity contribution is 7.71. The van der Waals surface area contributed by atoms with E-state index < -0.39 is 0 Å². The monoisotopic (exact) mass is 297 g/mol. The molecule has 2 aliphatic heterocycles. The first-order valence-electron chi connectivity index (χ1n) is 7.40. The summed E-state index contributed by atoms with van der Waals surface area (Å²) in [6.07, 6.45) is 1.19. The Hall–Kier alpha value is -0.920. The molecule has 20 heavy (non-hydrogen) atoms. The van der Waals surface area contributed by atoms with Crippen molar-refractivity contribution in [1.29, 1.82) is 0 Å². The van der Waals surface area contributed by atoms with Gasteiger partial charge in [0.05, 0.1) is 13.2 Å². The maximum Gasteiger partial charge on any atom is 0.226 e. The van der Waals surface area contributed by atoms with Crippen molar-refractivity contribution in [2.75, 3.05) is 44.3 Å². The van der Waals surface area contributed by atoms with Gasteiger partial charge in [0.25, 0.3) is 0 Å². The third-order valence-electron chi connectivity index (χ3n) is 4.21. The third kappa shape index (κ3) is 2.62. The van der Waals surface area contributed by atoms with E-state index in [1.165, 1.54) is 6.42 Å². The lowest BCUT2D eigenvalue weighted by Gasteiger charge is -2.32. The molecule has 1 N–H and O–H groups in total. The second kappa shape index (κ2) is 5.83. The summed E-state index contributed by atoms with van der Waals surface area (Å²) in [7, 11) is 0. The van der Waals surface area contributed by atoms with Crippen LogP contribution in [0.1, 0.15) is 26.3 Å². The molecule has 0 saturated carbocycles. The van der Waals surface area contributed by atoms with Gasteiger partial charge in [0.15, 0.2) is 4.77 Å². The first kappa shape index (κ1) is 14.0. The first-order chi connectivity index (χ1) is 9.66. The topological polar surface area (TPSA) is 49.3 Å². The molecule has 3 rings (SSSR count). The van der Waals surface area contributed by atoms with E-state index in [0.29, 0.717) is 16.9 Å². The highest BCUT2D eigenvalue weighted by Gasteiger charge is 2.31. The van der Waals surface area contributed by atoms with E-state index in [1.807, 2.05) is 0 Å². The van der Waals surface area contributed by atoms with E-state index >= 15 is 0 Å². The zero-order chi connectivity index (χ0) is 14.1. The summed E-state index contributed by atoms with van der Waals surface area (Å²) < 4.78 is 8.26. The zero-order valence-electron chi connectivity index (χ0n) is 12.2. The van der Waals surface area contributed by atoms with Gasteiger partial charge in [0, 0.05) is 38.3 Å². The minimum Gasteiger partial charge on any atom is -0.379 e. The fraction of sp³-hybridized carbons (Fsp3) is 0.846. The van der Waals surface area contributed by atoms with Gasteiger partial charge in [-0.25, -0.2) is 5.10 Å². The molecule has 2 fully saturated rings.